The molecule has 0 aromatic heterocycles. The van der Waals surface area contributed by atoms with E-state index in [1.165, 1.54) is 87.4 Å². The van der Waals surface area contributed by atoms with E-state index in [-0.39, 0.29) is 11.2 Å². The van der Waals surface area contributed by atoms with E-state index in [1.54, 1.807) is 11.1 Å². The predicted molar refractivity (Wildman–Crippen MR) is 184 cm³/mol. The first-order valence-electron chi connectivity index (χ1n) is 16.4. The zero-order valence-corrected chi connectivity index (χ0v) is 30.8. The van der Waals surface area contributed by atoms with Crippen molar-refractivity contribution in [3.63, 3.8) is 0 Å². The summed E-state index contributed by atoms with van der Waals surface area (Å²) in [7, 11) is -2.25. The van der Waals surface area contributed by atoms with E-state index in [2.05, 4.69) is 105 Å². The fourth-order valence-corrected chi connectivity index (χ4v) is 9.24. The molecule has 2 rings (SSSR count). The first kappa shape index (κ1) is 35.5. The molecule has 0 aromatic carbocycles. The average Bonchev–Trinajstić information content (AvgIpc) is 3.63. The van der Waals surface area contributed by atoms with Crippen LogP contribution in [0.4, 0.5) is 0 Å². The Bertz CT molecular complexity index is 845. The fraction of sp³-hybridized carbons (Fsp3) is 0.778. The number of ether oxygens (including phenoxy) is 2. The smallest absolute Gasteiger partial charge is 0.0892 e. The number of epoxide rings is 2. The summed E-state index contributed by atoms with van der Waals surface area (Å²) in [5, 5.41) is 0. The van der Waals surface area contributed by atoms with Gasteiger partial charge in [-0.05, 0) is 118 Å². The summed E-state index contributed by atoms with van der Waals surface area (Å²) >= 11 is 0. The van der Waals surface area contributed by atoms with E-state index in [4.69, 9.17) is 9.47 Å². The molecular weight excluding hydrogens is 521 g/mol. The molecule has 2 aliphatic heterocycles. The highest BCUT2D eigenvalue weighted by molar-refractivity contribution is 6.77. The van der Waals surface area contributed by atoms with Crippen LogP contribution in [0.5, 0.6) is 0 Å². The molecule has 2 nitrogen and oxygen atoms in total. The van der Waals surface area contributed by atoms with E-state index in [9.17, 15) is 0 Å². The van der Waals surface area contributed by atoms with Crippen molar-refractivity contribution in [3.8, 4) is 0 Å². The van der Waals surface area contributed by atoms with Gasteiger partial charge in [-0.1, -0.05) is 85.9 Å². The number of hydrogen-bond acceptors (Lipinski definition) is 2. The van der Waals surface area contributed by atoms with Gasteiger partial charge in [-0.25, -0.2) is 0 Å². The summed E-state index contributed by atoms with van der Waals surface area (Å²) in [6, 6.07) is 2.67. The van der Waals surface area contributed by atoms with Gasteiger partial charge in [-0.2, -0.15) is 0 Å². The van der Waals surface area contributed by atoms with E-state index in [1.807, 2.05) is 0 Å². The van der Waals surface area contributed by atoms with Crippen LogP contribution in [0.15, 0.2) is 46.6 Å². The third-order valence-corrected chi connectivity index (χ3v) is 11.4. The van der Waals surface area contributed by atoms with Crippen LogP contribution in [0, 0.1) is 0 Å². The number of unbranched alkanes of at least 4 members (excludes halogenated alkanes) is 1. The standard InChI is InChI=1S/C36H66O2Si2/c1-29(23-25-33-35(3,4)37-33)17-15-21-31(27-39(7,8)9)19-13-14-20-32(28-40(10,11)12)22-16-18-30(2)24-26-34-36(5,6)38-34/h17-20,33-34H,13-16,21-28H2,1-12H3/b29-17+,30-18+,31-19-,32-20-/t33-,34-/m0/s1. The van der Waals surface area contributed by atoms with Crippen LogP contribution in [-0.2, 0) is 9.47 Å². The van der Waals surface area contributed by atoms with Crippen LogP contribution in [0.1, 0.15) is 106 Å². The monoisotopic (exact) mass is 586 g/mol. The molecule has 2 heterocycles. The van der Waals surface area contributed by atoms with Crippen molar-refractivity contribution in [2.75, 3.05) is 0 Å². The van der Waals surface area contributed by atoms with E-state index >= 15 is 0 Å². The Morgan fingerprint density at radius 2 is 0.875 bits per heavy atom. The molecule has 2 fully saturated rings. The Morgan fingerprint density at radius 1 is 0.550 bits per heavy atom. The number of rotatable bonds is 19. The molecule has 0 amide bonds. The van der Waals surface area contributed by atoms with Crippen molar-refractivity contribution >= 4 is 16.1 Å². The highest BCUT2D eigenvalue weighted by Crippen LogP contribution is 2.39. The maximum atomic E-state index is 5.77. The van der Waals surface area contributed by atoms with Crippen molar-refractivity contribution in [3.05, 3.63) is 46.6 Å². The minimum Gasteiger partial charge on any atom is -0.367 e. The Morgan fingerprint density at radius 3 is 1.15 bits per heavy atom. The summed E-state index contributed by atoms with van der Waals surface area (Å²) in [5.41, 5.74) is 6.72. The van der Waals surface area contributed by atoms with Gasteiger partial charge in [0.05, 0.1) is 23.4 Å². The van der Waals surface area contributed by atoms with Crippen molar-refractivity contribution in [2.45, 2.75) is 181 Å². The van der Waals surface area contributed by atoms with Gasteiger partial charge in [0.15, 0.2) is 0 Å². The molecule has 2 atom stereocenters. The van der Waals surface area contributed by atoms with Crippen molar-refractivity contribution in [1.82, 2.24) is 0 Å². The van der Waals surface area contributed by atoms with Gasteiger partial charge in [0.25, 0.3) is 0 Å². The van der Waals surface area contributed by atoms with Crippen LogP contribution >= 0.6 is 0 Å². The Kier molecular flexibility index (Phi) is 13.5. The SMILES string of the molecule is C/C(=C\CC/C(=C/CC/C=C(/CC/C=C(\C)CC[C@@H]1OC1(C)C)C[Si](C)(C)C)C[Si](C)(C)C)CC[C@@H]1OC1(C)C. The Labute approximate surface area is 252 Å². The Hall–Kier alpha value is -0.686. The lowest BCUT2D eigenvalue weighted by Crippen LogP contribution is -2.20. The van der Waals surface area contributed by atoms with Crippen LogP contribution in [0.2, 0.25) is 51.4 Å². The van der Waals surface area contributed by atoms with Gasteiger partial charge in [-0.3, -0.25) is 0 Å². The van der Waals surface area contributed by atoms with Crippen molar-refractivity contribution in [1.29, 1.82) is 0 Å². The molecule has 2 saturated heterocycles. The van der Waals surface area contributed by atoms with E-state index < -0.39 is 16.1 Å². The molecule has 0 saturated carbocycles. The highest BCUT2D eigenvalue weighted by Gasteiger charge is 2.47. The summed E-state index contributed by atoms with van der Waals surface area (Å²) in [5.74, 6) is 0. The average molecular weight is 587 g/mol. The van der Waals surface area contributed by atoms with Crippen molar-refractivity contribution in [2.24, 2.45) is 0 Å². The first-order chi connectivity index (χ1) is 18.4. The molecule has 0 aromatic rings. The molecule has 2 aliphatic rings. The minimum absolute atomic E-state index is 0.121. The minimum atomic E-state index is -1.13. The highest BCUT2D eigenvalue weighted by atomic mass is 28.3. The summed E-state index contributed by atoms with van der Waals surface area (Å²) in [4.78, 5) is 0. The second kappa shape index (κ2) is 15.2. The van der Waals surface area contributed by atoms with Gasteiger partial charge in [0.2, 0.25) is 0 Å². The molecule has 0 radical (unpaired) electrons. The van der Waals surface area contributed by atoms with Gasteiger partial charge in [0.1, 0.15) is 0 Å². The first-order valence-corrected chi connectivity index (χ1v) is 23.8. The molecule has 230 valence electrons. The molecule has 0 spiro atoms. The van der Waals surface area contributed by atoms with E-state index in [0.717, 1.165) is 0 Å². The Balaban J connectivity index is 1.86. The van der Waals surface area contributed by atoms with Gasteiger partial charge in [0, 0.05) is 16.1 Å². The summed E-state index contributed by atoms with van der Waals surface area (Å²) < 4.78 is 11.5. The molecule has 4 heteroatoms. The maximum Gasteiger partial charge on any atom is 0.0892 e. The molecule has 0 aliphatic carbocycles. The topological polar surface area (TPSA) is 25.1 Å². The maximum absolute atomic E-state index is 5.77. The lowest BCUT2D eigenvalue weighted by atomic mass is 10.0. The lowest BCUT2D eigenvalue weighted by molar-refractivity contribution is 0.319. The van der Waals surface area contributed by atoms with Crippen LogP contribution in [0.3, 0.4) is 0 Å². The molecule has 0 bridgehead atoms. The van der Waals surface area contributed by atoms with Gasteiger partial charge < -0.3 is 9.47 Å². The molecule has 0 unspecified atom stereocenters. The summed E-state index contributed by atoms with van der Waals surface area (Å²) in [6.07, 6.45) is 23.0. The van der Waals surface area contributed by atoms with Crippen LogP contribution in [-0.4, -0.2) is 39.6 Å². The van der Waals surface area contributed by atoms with Crippen LogP contribution in [0.25, 0.3) is 0 Å². The van der Waals surface area contributed by atoms with Crippen molar-refractivity contribution < 1.29 is 9.47 Å². The third-order valence-electron chi connectivity index (χ3n) is 8.39. The third kappa shape index (κ3) is 15.5. The molecular formula is C36H66O2Si2. The number of allylic oxidation sites excluding steroid dienone is 8. The van der Waals surface area contributed by atoms with Gasteiger partial charge in [-0.15, -0.1) is 0 Å². The molecule has 40 heavy (non-hydrogen) atoms. The van der Waals surface area contributed by atoms with E-state index in [0.29, 0.717) is 12.2 Å². The normalized spacial score (nSPS) is 23.5. The van der Waals surface area contributed by atoms with Crippen LogP contribution < -0.4 is 0 Å². The zero-order chi connectivity index (χ0) is 30.2. The van der Waals surface area contributed by atoms with Gasteiger partial charge >= 0.3 is 0 Å². The largest absolute Gasteiger partial charge is 0.367 e. The quantitative estimate of drug-likeness (QED) is 0.0651. The summed E-state index contributed by atoms with van der Waals surface area (Å²) in [6.45, 7) is 28.5. The fourth-order valence-electron chi connectivity index (χ4n) is 5.87. The second-order valence-corrected chi connectivity index (χ2v) is 27.4. The zero-order valence-electron chi connectivity index (χ0n) is 28.8. The number of hydrogen-bond donors (Lipinski definition) is 0. The second-order valence-electron chi connectivity index (χ2n) is 16.5. The lowest BCUT2D eigenvalue weighted by Gasteiger charge is -2.19. The molecule has 0 N–H and O–H groups in total. The predicted octanol–water partition coefficient (Wildman–Crippen LogP) is 11.7.